The Morgan fingerprint density at radius 2 is 1.75 bits per heavy atom. The molecule has 0 aliphatic carbocycles. The van der Waals surface area contributed by atoms with Gasteiger partial charge in [0.15, 0.2) is 0 Å². The van der Waals surface area contributed by atoms with Crippen LogP contribution in [0.5, 0.6) is 0 Å². The molecule has 24 heavy (non-hydrogen) atoms. The largest absolute Gasteiger partial charge is 0.312 e. The van der Waals surface area contributed by atoms with Crippen molar-refractivity contribution in [1.82, 2.24) is 15.1 Å². The molecule has 0 aliphatic heterocycles. The summed E-state index contributed by atoms with van der Waals surface area (Å²) in [6.07, 6.45) is 1.76. The minimum absolute atomic E-state index is 0.0298. The Kier molecular flexibility index (Phi) is 5.06. The van der Waals surface area contributed by atoms with Crippen LogP contribution in [0.2, 0.25) is 0 Å². The quantitative estimate of drug-likeness (QED) is 0.758. The number of nitrogens with one attached hydrogen (secondary N) is 1. The third kappa shape index (κ3) is 3.71. The van der Waals surface area contributed by atoms with Gasteiger partial charge in [0, 0.05) is 18.0 Å². The lowest BCUT2D eigenvalue weighted by molar-refractivity contribution is 0.430. The molecule has 2 aromatic carbocycles. The highest BCUT2D eigenvalue weighted by atomic mass is 16.1. The fraction of sp³-hybridized carbons (Fsp3) is 0.300. The number of nitrogens with zero attached hydrogens (tertiary/aromatic N) is 2. The Morgan fingerprint density at radius 3 is 2.54 bits per heavy atom. The molecule has 0 aliphatic rings. The smallest absolute Gasteiger partial charge is 0.274 e. The molecule has 4 nitrogen and oxygen atoms in total. The fourth-order valence-corrected chi connectivity index (χ4v) is 2.86. The molecule has 0 bridgehead atoms. The Morgan fingerprint density at radius 1 is 1.04 bits per heavy atom. The standard InChI is InChI=1S/C20H23N3O/c1-15(17-8-4-3-5-9-17)12-21-16(2)14-23-20(24)19-11-7-6-10-18(19)13-22-23/h3-11,13,15-16,21H,12,14H2,1-2H3/t15-,16+/m1/s1. The van der Waals surface area contributed by atoms with E-state index in [1.807, 2.05) is 30.3 Å². The van der Waals surface area contributed by atoms with Crippen LogP contribution < -0.4 is 10.9 Å². The first-order valence-corrected chi connectivity index (χ1v) is 8.38. The zero-order valence-corrected chi connectivity index (χ0v) is 14.1. The molecule has 0 fully saturated rings. The molecular weight excluding hydrogens is 298 g/mol. The maximum Gasteiger partial charge on any atom is 0.274 e. The number of aromatic nitrogens is 2. The second kappa shape index (κ2) is 7.41. The lowest BCUT2D eigenvalue weighted by Crippen LogP contribution is -2.37. The molecule has 0 saturated carbocycles. The van der Waals surface area contributed by atoms with Gasteiger partial charge in [0.2, 0.25) is 0 Å². The predicted octanol–water partition coefficient (Wildman–Crippen LogP) is 3.18. The first kappa shape index (κ1) is 16.4. The number of fused-ring (bicyclic) bond motifs is 1. The van der Waals surface area contributed by atoms with E-state index in [0.29, 0.717) is 12.5 Å². The molecule has 0 amide bonds. The highest BCUT2D eigenvalue weighted by molar-refractivity contribution is 5.80. The first-order chi connectivity index (χ1) is 11.6. The Balaban J connectivity index is 1.64. The zero-order chi connectivity index (χ0) is 16.9. The van der Waals surface area contributed by atoms with Gasteiger partial charge in [-0.25, -0.2) is 4.68 Å². The maximum atomic E-state index is 12.5. The second-order valence-corrected chi connectivity index (χ2v) is 6.34. The van der Waals surface area contributed by atoms with E-state index in [4.69, 9.17) is 0 Å². The van der Waals surface area contributed by atoms with Gasteiger partial charge >= 0.3 is 0 Å². The van der Waals surface area contributed by atoms with Gasteiger partial charge in [-0.15, -0.1) is 0 Å². The van der Waals surface area contributed by atoms with E-state index >= 15 is 0 Å². The number of benzene rings is 2. The van der Waals surface area contributed by atoms with Crippen LogP contribution in [0.1, 0.15) is 25.3 Å². The summed E-state index contributed by atoms with van der Waals surface area (Å²) in [6, 6.07) is 18.2. The highest BCUT2D eigenvalue weighted by Gasteiger charge is 2.10. The van der Waals surface area contributed by atoms with Crippen molar-refractivity contribution in [3.05, 3.63) is 76.7 Å². The van der Waals surface area contributed by atoms with Crippen molar-refractivity contribution in [2.75, 3.05) is 6.54 Å². The van der Waals surface area contributed by atoms with Gasteiger partial charge in [0.25, 0.3) is 5.56 Å². The molecule has 1 aromatic heterocycles. The van der Waals surface area contributed by atoms with Crippen molar-refractivity contribution in [2.24, 2.45) is 0 Å². The monoisotopic (exact) mass is 321 g/mol. The Bertz CT molecular complexity index is 857. The first-order valence-electron chi connectivity index (χ1n) is 8.38. The van der Waals surface area contributed by atoms with E-state index in [-0.39, 0.29) is 11.6 Å². The van der Waals surface area contributed by atoms with Gasteiger partial charge in [0.1, 0.15) is 0 Å². The van der Waals surface area contributed by atoms with Crippen LogP contribution in [-0.4, -0.2) is 22.4 Å². The normalized spacial score (nSPS) is 13.8. The molecule has 1 heterocycles. The Labute approximate surface area is 142 Å². The lowest BCUT2D eigenvalue weighted by atomic mass is 10.0. The van der Waals surface area contributed by atoms with E-state index in [1.165, 1.54) is 5.56 Å². The van der Waals surface area contributed by atoms with E-state index in [0.717, 1.165) is 17.3 Å². The van der Waals surface area contributed by atoms with Gasteiger partial charge in [0.05, 0.1) is 18.1 Å². The summed E-state index contributed by atoms with van der Waals surface area (Å²) < 4.78 is 1.55. The average molecular weight is 321 g/mol. The summed E-state index contributed by atoms with van der Waals surface area (Å²) >= 11 is 0. The van der Waals surface area contributed by atoms with E-state index in [2.05, 4.69) is 48.5 Å². The van der Waals surface area contributed by atoms with Gasteiger partial charge in [-0.1, -0.05) is 55.5 Å². The minimum Gasteiger partial charge on any atom is -0.312 e. The van der Waals surface area contributed by atoms with Crippen LogP contribution in [0, 0.1) is 0 Å². The summed E-state index contributed by atoms with van der Waals surface area (Å²) in [5.41, 5.74) is 1.29. The summed E-state index contributed by atoms with van der Waals surface area (Å²) in [7, 11) is 0. The van der Waals surface area contributed by atoms with Gasteiger partial charge < -0.3 is 5.32 Å². The molecule has 0 spiro atoms. The van der Waals surface area contributed by atoms with E-state index < -0.39 is 0 Å². The third-order valence-electron chi connectivity index (χ3n) is 4.35. The van der Waals surface area contributed by atoms with E-state index in [1.54, 1.807) is 10.9 Å². The van der Waals surface area contributed by atoms with Gasteiger partial charge in [-0.3, -0.25) is 4.79 Å². The summed E-state index contributed by atoms with van der Waals surface area (Å²) in [5, 5.41) is 9.41. The summed E-state index contributed by atoms with van der Waals surface area (Å²) in [4.78, 5) is 12.5. The molecule has 3 aromatic rings. The molecule has 1 N–H and O–H groups in total. The van der Waals surface area contributed by atoms with Crippen LogP contribution in [0.3, 0.4) is 0 Å². The van der Waals surface area contributed by atoms with Crippen molar-refractivity contribution < 1.29 is 0 Å². The average Bonchev–Trinajstić information content (AvgIpc) is 2.63. The SMILES string of the molecule is C[C@H](CN[C@@H](C)Cn1ncc2ccccc2c1=O)c1ccccc1. The molecule has 3 rings (SSSR count). The number of hydrogen-bond donors (Lipinski definition) is 1. The van der Waals surface area contributed by atoms with Crippen LogP contribution in [0.15, 0.2) is 65.6 Å². The van der Waals surface area contributed by atoms with Crippen LogP contribution in [0.4, 0.5) is 0 Å². The van der Waals surface area contributed by atoms with Crippen molar-refractivity contribution in [3.8, 4) is 0 Å². The number of hydrogen-bond acceptors (Lipinski definition) is 3. The third-order valence-corrected chi connectivity index (χ3v) is 4.35. The predicted molar refractivity (Wildman–Crippen MR) is 98.3 cm³/mol. The van der Waals surface area contributed by atoms with Gasteiger partial charge in [-0.2, -0.15) is 5.10 Å². The van der Waals surface area contributed by atoms with Crippen LogP contribution in [-0.2, 0) is 6.54 Å². The zero-order valence-electron chi connectivity index (χ0n) is 14.1. The summed E-state index contributed by atoms with van der Waals surface area (Å²) in [6.45, 7) is 5.72. The summed E-state index contributed by atoms with van der Waals surface area (Å²) in [5.74, 6) is 0.426. The molecule has 4 heteroatoms. The van der Waals surface area contributed by atoms with Crippen molar-refractivity contribution >= 4 is 10.8 Å². The van der Waals surface area contributed by atoms with Crippen LogP contribution in [0.25, 0.3) is 10.8 Å². The van der Waals surface area contributed by atoms with Crippen LogP contribution >= 0.6 is 0 Å². The second-order valence-electron chi connectivity index (χ2n) is 6.34. The molecule has 0 radical (unpaired) electrons. The van der Waals surface area contributed by atoms with Crippen molar-refractivity contribution in [1.29, 1.82) is 0 Å². The minimum atomic E-state index is -0.0298. The maximum absolute atomic E-state index is 12.5. The molecular formula is C20H23N3O. The topological polar surface area (TPSA) is 46.9 Å². The van der Waals surface area contributed by atoms with Gasteiger partial charge in [-0.05, 0) is 24.5 Å². The molecule has 124 valence electrons. The lowest BCUT2D eigenvalue weighted by Gasteiger charge is -2.18. The Hall–Kier alpha value is -2.46. The fourth-order valence-electron chi connectivity index (χ4n) is 2.86. The molecule has 0 saturated heterocycles. The molecule has 2 atom stereocenters. The molecule has 0 unspecified atom stereocenters. The van der Waals surface area contributed by atoms with Crippen molar-refractivity contribution in [2.45, 2.75) is 32.4 Å². The van der Waals surface area contributed by atoms with E-state index in [9.17, 15) is 4.79 Å². The van der Waals surface area contributed by atoms with Crippen molar-refractivity contribution in [3.63, 3.8) is 0 Å². The highest BCUT2D eigenvalue weighted by Crippen LogP contribution is 2.13. The number of rotatable bonds is 6.